The van der Waals surface area contributed by atoms with E-state index in [1.165, 1.54) is 0 Å². The minimum atomic E-state index is 0.358. The molecule has 0 fully saturated rings. The lowest BCUT2D eigenvalue weighted by atomic mass is 10.1. The van der Waals surface area contributed by atoms with Crippen molar-refractivity contribution < 1.29 is 5.11 Å². The number of rotatable bonds is 2. The third-order valence-electron chi connectivity index (χ3n) is 3.02. The molecule has 0 aliphatic carbocycles. The van der Waals surface area contributed by atoms with Crippen LogP contribution < -0.4 is 0 Å². The summed E-state index contributed by atoms with van der Waals surface area (Å²) in [6.45, 7) is 5.82. The topological polar surface area (TPSA) is 32.6 Å². The van der Waals surface area contributed by atoms with E-state index in [0.29, 0.717) is 5.75 Å². The summed E-state index contributed by atoms with van der Waals surface area (Å²) in [5.41, 5.74) is 4.81. The van der Waals surface area contributed by atoms with Gasteiger partial charge >= 0.3 is 0 Å². The maximum Gasteiger partial charge on any atom is 0.121 e. The van der Waals surface area contributed by atoms with Crippen molar-refractivity contribution in [2.24, 2.45) is 4.99 Å². The third-order valence-corrected chi connectivity index (χ3v) is 3.91. The molecule has 2 nitrogen and oxygen atoms in total. The minimum Gasteiger partial charge on any atom is -0.507 e. The van der Waals surface area contributed by atoms with Gasteiger partial charge in [0.2, 0.25) is 0 Å². The van der Waals surface area contributed by atoms with E-state index in [9.17, 15) is 5.11 Å². The first-order valence-electron chi connectivity index (χ1n) is 6.08. The fourth-order valence-corrected chi connectivity index (χ4v) is 2.17. The maximum atomic E-state index is 9.73. The molecule has 0 saturated carbocycles. The molecule has 19 heavy (non-hydrogen) atoms. The van der Waals surface area contributed by atoms with Crippen molar-refractivity contribution in [3.63, 3.8) is 0 Å². The average Bonchev–Trinajstić information content (AvgIpc) is 2.37. The van der Waals surface area contributed by atoms with Gasteiger partial charge in [-0.15, -0.1) is 0 Å². The number of halogens is 1. The molecule has 0 bridgehead atoms. The molecule has 98 valence electrons. The molecule has 0 aliphatic heterocycles. The third kappa shape index (κ3) is 3.24. The van der Waals surface area contributed by atoms with E-state index in [0.717, 1.165) is 32.4 Å². The Kier molecular flexibility index (Phi) is 4.05. The Morgan fingerprint density at radius 3 is 2.21 bits per heavy atom. The Morgan fingerprint density at radius 1 is 1.00 bits per heavy atom. The Morgan fingerprint density at radius 2 is 1.63 bits per heavy atom. The Balaban J connectivity index is 2.30. The summed E-state index contributed by atoms with van der Waals surface area (Å²) in [5, 5.41) is 9.73. The number of phenols is 1. The number of aryl methyl sites for hydroxylation is 3. The highest BCUT2D eigenvalue weighted by molar-refractivity contribution is 9.10. The molecule has 0 unspecified atom stereocenters. The fourth-order valence-electron chi connectivity index (χ4n) is 1.92. The van der Waals surface area contributed by atoms with Gasteiger partial charge in [-0.1, -0.05) is 15.9 Å². The molecule has 2 aromatic rings. The van der Waals surface area contributed by atoms with Gasteiger partial charge in [0.25, 0.3) is 0 Å². The second kappa shape index (κ2) is 5.57. The van der Waals surface area contributed by atoms with Crippen LogP contribution in [-0.4, -0.2) is 11.3 Å². The first-order chi connectivity index (χ1) is 8.97. The van der Waals surface area contributed by atoms with E-state index in [1.807, 2.05) is 57.3 Å². The molecule has 0 heterocycles. The second-order valence-corrected chi connectivity index (χ2v) is 5.55. The number of aliphatic imine (C=N–C) groups is 1. The highest BCUT2D eigenvalue weighted by Gasteiger charge is 2.02. The number of benzene rings is 2. The molecule has 3 heteroatoms. The van der Waals surface area contributed by atoms with Crippen LogP contribution in [0.15, 0.2) is 39.8 Å². The average molecular weight is 318 g/mol. The highest BCUT2D eigenvalue weighted by atomic mass is 79.9. The van der Waals surface area contributed by atoms with E-state index < -0.39 is 0 Å². The van der Waals surface area contributed by atoms with Crippen molar-refractivity contribution >= 4 is 27.8 Å². The van der Waals surface area contributed by atoms with Crippen LogP contribution in [0, 0.1) is 20.8 Å². The van der Waals surface area contributed by atoms with Crippen LogP contribution in [0.2, 0.25) is 0 Å². The molecule has 0 atom stereocenters. The Labute approximate surface area is 122 Å². The minimum absolute atomic E-state index is 0.358. The van der Waals surface area contributed by atoms with Gasteiger partial charge in [0.1, 0.15) is 5.75 Å². The van der Waals surface area contributed by atoms with Crippen LogP contribution in [-0.2, 0) is 0 Å². The van der Waals surface area contributed by atoms with E-state index >= 15 is 0 Å². The van der Waals surface area contributed by atoms with Gasteiger partial charge in [0.05, 0.1) is 5.69 Å². The SMILES string of the molecule is Cc1cc(N=Cc2cc(C)c(O)c(C)c2)ccc1Br. The Bertz CT molecular complexity index is 624. The lowest BCUT2D eigenvalue weighted by Gasteiger charge is -2.04. The van der Waals surface area contributed by atoms with Crippen molar-refractivity contribution in [3.8, 4) is 5.75 Å². The van der Waals surface area contributed by atoms with Gasteiger partial charge in [-0.25, -0.2) is 0 Å². The first-order valence-corrected chi connectivity index (χ1v) is 6.87. The number of phenolic OH excluding ortho intramolecular Hbond substituents is 1. The number of nitrogens with zero attached hydrogens (tertiary/aromatic N) is 1. The van der Waals surface area contributed by atoms with Crippen molar-refractivity contribution in [2.45, 2.75) is 20.8 Å². The summed E-state index contributed by atoms with van der Waals surface area (Å²) >= 11 is 3.47. The van der Waals surface area contributed by atoms with Crippen LogP contribution >= 0.6 is 15.9 Å². The molecule has 0 spiro atoms. The van der Waals surface area contributed by atoms with E-state index in [2.05, 4.69) is 20.9 Å². The van der Waals surface area contributed by atoms with Gasteiger partial charge in [0, 0.05) is 10.7 Å². The van der Waals surface area contributed by atoms with Crippen molar-refractivity contribution in [1.82, 2.24) is 0 Å². The number of hydrogen-bond acceptors (Lipinski definition) is 2. The predicted octanol–water partition coefficient (Wildman–Crippen LogP) is 4.83. The van der Waals surface area contributed by atoms with E-state index in [-0.39, 0.29) is 0 Å². The number of hydrogen-bond donors (Lipinski definition) is 1. The summed E-state index contributed by atoms with van der Waals surface area (Å²) in [7, 11) is 0. The zero-order chi connectivity index (χ0) is 14.0. The van der Waals surface area contributed by atoms with Crippen LogP contribution in [0.1, 0.15) is 22.3 Å². The Hall–Kier alpha value is -1.61. The van der Waals surface area contributed by atoms with Gasteiger partial charge in [-0.2, -0.15) is 0 Å². The lowest BCUT2D eigenvalue weighted by molar-refractivity contribution is 0.467. The summed E-state index contributed by atoms with van der Waals surface area (Å²) in [6, 6.07) is 9.85. The van der Waals surface area contributed by atoms with Gasteiger partial charge in [-0.3, -0.25) is 4.99 Å². The fraction of sp³-hybridized carbons (Fsp3) is 0.188. The number of aromatic hydroxyl groups is 1. The molecule has 0 radical (unpaired) electrons. The maximum absolute atomic E-state index is 9.73. The molecule has 0 amide bonds. The molecule has 0 aromatic heterocycles. The summed E-state index contributed by atoms with van der Waals surface area (Å²) in [5.74, 6) is 0.358. The van der Waals surface area contributed by atoms with Crippen LogP contribution in [0.4, 0.5) is 5.69 Å². The van der Waals surface area contributed by atoms with Gasteiger partial charge in [0.15, 0.2) is 0 Å². The zero-order valence-electron chi connectivity index (χ0n) is 11.2. The predicted molar refractivity (Wildman–Crippen MR) is 83.7 cm³/mol. The molecule has 0 aliphatic rings. The van der Waals surface area contributed by atoms with Crippen molar-refractivity contribution in [3.05, 3.63) is 57.1 Å². The van der Waals surface area contributed by atoms with E-state index in [1.54, 1.807) is 0 Å². The molecule has 2 rings (SSSR count). The molecule has 0 saturated heterocycles. The highest BCUT2D eigenvalue weighted by Crippen LogP contribution is 2.24. The van der Waals surface area contributed by atoms with E-state index in [4.69, 9.17) is 0 Å². The summed E-state index contributed by atoms with van der Waals surface area (Å²) in [4.78, 5) is 4.46. The molecule has 1 N–H and O–H groups in total. The van der Waals surface area contributed by atoms with Crippen LogP contribution in [0.5, 0.6) is 5.75 Å². The standard InChI is InChI=1S/C16H16BrNO/c1-10-8-14(4-5-15(10)17)18-9-13-6-11(2)16(19)12(3)7-13/h4-9,19H,1-3H3. The second-order valence-electron chi connectivity index (χ2n) is 4.69. The quantitative estimate of drug-likeness (QED) is 0.790. The summed E-state index contributed by atoms with van der Waals surface area (Å²) < 4.78 is 1.09. The monoisotopic (exact) mass is 317 g/mol. The zero-order valence-corrected chi connectivity index (χ0v) is 12.8. The van der Waals surface area contributed by atoms with Crippen LogP contribution in [0.25, 0.3) is 0 Å². The largest absolute Gasteiger partial charge is 0.507 e. The van der Waals surface area contributed by atoms with Crippen LogP contribution in [0.3, 0.4) is 0 Å². The molecular weight excluding hydrogens is 302 g/mol. The lowest BCUT2D eigenvalue weighted by Crippen LogP contribution is -1.87. The molecule has 2 aromatic carbocycles. The van der Waals surface area contributed by atoms with Gasteiger partial charge < -0.3 is 5.11 Å². The summed E-state index contributed by atoms with van der Waals surface area (Å²) in [6.07, 6.45) is 1.82. The van der Waals surface area contributed by atoms with Gasteiger partial charge in [-0.05, 0) is 73.4 Å². The first kappa shape index (κ1) is 13.8. The van der Waals surface area contributed by atoms with Crippen molar-refractivity contribution in [1.29, 1.82) is 0 Å². The normalized spacial score (nSPS) is 11.2. The van der Waals surface area contributed by atoms with Crippen molar-refractivity contribution in [2.75, 3.05) is 0 Å². The molecular formula is C16H16BrNO. The smallest absolute Gasteiger partial charge is 0.121 e.